The molecule has 118 valence electrons. The van der Waals surface area contributed by atoms with Gasteiger partial charge in [0.2, 0.25) is 0 Å². The van der Waals surface area contributed by atoms with Crippen molar-refractivity contribution in [2.24, 2.45) is 5.41 Å². The lowest BCUT2D eigenvalue weighted by molar-refractivity contribution is -0.137. The molecule has 1 aliphatic rings. The van der Waals surface area contributed by atoms with Crippen molar-refractivity contribution in [3.63, 3.8) is 0 Å². The third kappa shape index (κ3) is 3.15. The van der Waals surface area contributed by atoms with Gasteiger partial charge in [0.1, 0.15) is 5.82 Å². The van der Waals surface area contributed by atoms with Gasteiger partial charge in [0.15, 0.2) is 0 Å². The molecule has 2 unspecified atom stereocenters. The molecule has 0 saturated heterocycles. The minimum atomic E-state index is -4.48. The molecule has 1 aromatic carbocycles. The van der Waals surface area contributed by atoms with Crippen LogP contribution in [0.2, 0.25) is 0 Å². The SMILES string of the molecule is CCOC1CC(Nc2cc(C(F)(F)F)ccc2F)C1(C)C. The van der Waals surface area contributed by atoms with E-state index in [0.29, 0.717) is 13.0 Å². The van der Waals surface area contributed by atoms with E-state index in [-0.39, 0.29) is 23.2 Å². The zero-order chi connectivity index (χ0) is 15.8. The summed E-state index contributed by atoms with van der Waals surface area (Å²) in [5, 5.41) is 2.88. The summed E-state index contributed by atoms with van der Waals surface area (Å²) in [6, 6.07) is 2.29. The van der Waals surface area contributed by atoms with Crippen LogP contribution in [0.25, 0.3) is 0 Å². The number of halogens is 4. The first kappa shape index (κ1) is 16.1. The quantitative estimate of drug-likeness (QED) is 0.829. The van der Waals surface area contributed by atoms with E-state index in [1.165, 1.54) is 0 Å². The van der Waals surface area contributed by atoms with E-state index in [2.05, 4.69) is 5.32 Å². The van der Waals surface area contributed by atoms with Crippen LogP contribution < -0.4 is 5.32 Å². The van der Waals surface area contributed by atoms with Crippen LogP contribution in [-0.4, -0.2) is 18.8 Å². The summed E-state index contributed by atoms with van der Waals surface area (Å²) in [5.41, 5.74) is -1.22. The van der Waals surface area contributed by atoms with E-state index in [1.54, 1.807) is 0 Å². The van der Waals surface area contributed by atoms with Crippen molar-refractivity contribution in [2.75, 3.05) is 11.9 Å². The number of hydrogen-bond donors (Lipinski definition) is 1. The van der Waals surface area contributed by atoms with Crippen LogP contribution in [0, 0.1) is 11.2 Å². The highest BCUT2D eigenvalue weighted by molar-refractivity contribution is 5.50. The van der Waals surface area contributed by atoms with Crippen LogP contribution in [-0.2, 0) is 10.9 Å². The fourth-order valence-corrected chi connectivity index (χ4v) is 2.61. The van der Waals surface area contributed by atoms with Crippen LogP contribution in [0.3, 0.4) is 0 Å². The molecule has 0 bridgehead atoms. The van der Waals surface area contributed by atoms with E-state index < -0.39 is 17.6 Å². The molecule has 0 spiro atoms. The van der Waals surface area contributed by atoms with Crippen molar-refractivity contribution in [3.8, 4) is 0 Å². The third-order valence-electron chi connectivity index (χ3n) is 4.17. The van der Waals surface area contributed by atoms with Gasteiger partial charge in [0.05, 0.1) is 17.4 Å². The van der Waals surface area contributed by atoms with E-state index in [4.69, 9.17) is 4.74 Å². The standard InChI is InChI=1S/C15H19F4NO/c1-4-21-13-8-12(14(13,2)3)20-11-7-9(15(17,18)19)5-6-10(11)16/h5-7,12-13,20H,4,8H2,1-3H3. The summed E-state index contributed by atoms with van der Waals surface area (Å²) in [6.45, 7) is 6.39. The number of nitrogens with one attached hydrogen (secondary N) is 1. The molecule has 6 heteroatoms. The summed E-state index contributed by atoms with van der Waals surface area (Å²) in [4.78, 5) is 0. The fraction of sp³-hybridized carbons (Fsp3) is 0.600. The number of hydrogen-bond acceptors (Lipinski definition) is 2. The zero-order valence-electron chi connectivity index (χ0n) is 12.2. The maximum atomic E-state index is 13.7. The molecule has 2 atom stereocenters. The first-order valence-corrected chi connectivity index (χ1v) is 6.91. The lowest BCUT2D eigenvalue weighted by Crippen LogP contribution is -2.58. The number of ether oxygens (including phenoxy) is 1. The Morgan fingerprint density at radius 3 is 2.52 bits per heavy atom. The second kappa shape index (κ2) is 5.48. The highest BCUT2D eigenvalue weighted by atomic mass is 19.4. The maximum Gasteiger partial charge on any atom is 0.416 e. The lowest BCUT2D eigenvalue weighted by Gasteiger charge is -2.52. The molecule has 0 heterocycles. The van der Waals surface area contributed by atoms with Crippen LogP contribution in [0.1, 0.15) is 32.8 Å². The van der Waals surface area contributed by atoms with E-state index in [1.807, 2.05) is 20.8 Å². The Balaban J connectivity index is 2.14. The van der Waals surface area contributed by atoms with Crippen LogP contribution in [0.15, 0.2) is 18.2 Å². The third-order valence-corrected chi connectivity index (χ3v) is 4.17. The van der Waals surface area contributed by atoms with Gasteiger partial charge in [-0.15, -0.1) is 0 Å². The Bertz CT molecular complexity index is 513. The normalized spacial score (nSPS) is 24.5. The van der Waals surface area contributed by atoms with Crippen molar-refractivity contribution >= 4 is 5.69 Å². The lowest BCUT2D eigenvalue weighted by atomic mass is 9.64. The van der Waals surface area contributed by atoms with E-state index >= 15 is 0 Å². The van der Waals surface area contributed by atoms with Crippen molar-refractivity contribution < 1.29 is 22.3 Å². The highest BCUT2D eigenvalue weighted by Gasteiger charge is 2.49. The molecular formula is C15H19F4NO. The van der Waals surface area contributed by atoms with Gasteiger partial charge in [-0.1, -0.05) is 13.8 Å². The first-order valence-electron chi connectivity index (χ1n) is 6.91. The summed E-state index contributed by atoms with van der Waals surface area (Å²) in [5.74, 6) is -0.682. The molecule has 21 heavy (non-hydrogen) atoms. The highest BCUT2D eigenvalue weighted by Crippen LogP contribution is 2.45. The summed E-state index contributed by atoms with van der Waals surface area (Å²) >= 11 is 0. The smallest absolute Gasteiger partial charge is 0.379 e. The molecule has 0 amide bonds. The average Bonchev–Trinajstić information content (AvgIpc) is 2.38. The number of benzene rings is 1. The Morgan fingerprint density at radius 1 is 1.33 bits per heavy atom. The summed E-state index contributed by atoms with van der Waals surface area (Å²) < 4.78 is 57.3. The molecule has 2 rings (SSSR count). The maximum absolute atomic E-state index is 13.7. The van der Waals surface area contributed by atoms with Gasteiger partial charge in [-0.2, -0.15) is 13.2 Å². The molecule has 1 fully saturated rings. The molecule has 1 saturated carbocycles. The number of anilines is 1. The van der Waals surface area contributed by atoms with E-state index in [9.17, 15) is 17.6 Å². The zero-order valence-corrected chi connectivity index (χ0v) is 12.2. The Labute approximate surface area is 121 Å². The van der Waals surface area contributed by atoms with Gasteiger partial charge in [0.25, 0.3) is 0 Å². The average molecular weight is 305 g/mol. The van der Waals surface area contributed by atoms with Gasteiger partial charge >= 0.3 is 6.18 Å². The number of alkyl halides is 3. The molecule has 0 aromatic heterocycles. The number of rotatable bonds is 4. The molecule has 2 nitrogen and oxygen atoms in total. The topological polar surface area (TPSA) is 21.3 Å². The van der Waals surface area contributed by atoms with Gasteiger partial charge in [-0.05, 0) is 31.5 Å². The Morgan fingerprint density at radius 2 is 2.00 bits per heavy atom. The van der Waals surface area contributed by atoms with Crippen molar-refractivity contribution in [2.45, 2.75) is 45.5 Å². The Kier molecular flexibility index (Phi) is 4.19. The predicted molar refractivity (Wildman–Crippen MR) is 72.6 cm³/mol. The summed E-state index contributed by atoms with van der Waals surface area (Å²) in [6.07, 6.45) is -3.79. The molecule has 1 N–H and O–H groups in total. The van der Waals surface area contributed by atoms with Gasteiger partial charge in [0, 0.05) is 18.1 Å². The van der Waals surface area contributed by atoms with Gasteiger partial charge in [-0.25, -0.2) is 4.39 Å². The van der Waals surface area contributed by atoms with Gasteiger partial charge < -0.3 is 10.1 Å². The predicted octanol–water partition coefficient (Wildman–Crippen LogP) is 4.46. The summed E-state index contributed by atoms with van der Waals surface area (Å²) in [7, 11) is 0. The van der Waals surface area contributed by atoms with Crippen LogP contribution in [0.4, 0.5) is 23.2 Å². The van der Waals surface area contributed by atoms with Crippen molar-refractivity contribution in [1.82, 2.24) is 0 Å². The molecule has 0 radical (unpaired) electrons. The largest absolute Gasteiger partial charge is 0.416 e. The molecular weight excluding hydrogens is 286 g/mol. The van der Waals surface area contributed by atoms with Crippen molar-refractivity contribution in [3.05, 3.63) is 29.6 Å². The minimum Gasteiger partial charge on any atom is -0.379 e. The Hall–Kier alpha value is -1.30. The van der Waals surface area contributed by atoms with Crippen molar-refractivity contribution in [1.29, 1.82) is 0 Å². The molecule has 0 aliphatic heterocycles. The second-order valence-corrected chi connectivity index (χ2v) is 5.89. The van der Waals surface area contributed by atoms with E-state index in [0.717, 1.165) is 18.2 Å². The van der Waals surface area contributed by atoms with Crippen LogP contribution in [0.5, 0.6) is 0 Å². The first-order chi connectivity index (χ1) is 9.66. The fourth-order valence-electron chi connectivity index (χ4n) is 2.61. The minimum absolute atomic E-state index is 0.0360. The van der Waals surface area contributed by atoms with Gasteiger partial charge in [-0.3, -0.25) is 0 Å². The van der Waals surface area contributed by atoms with Crippen LogP contribution >= 0.6 is 0 Å². The second-order valence-electron chi connectivity index (χ2n) is 5.89. The molecule has 1 aromatic rings. The molecule has 1 aliphatic carbocycles. The monoisotopic (exact) mass is 305 g/mol.